The number of benzene rings is 1. The Hall–Kier alpha value is -4.12. The summed E-state index contributed by atoms with van der Waals surface area (Å²) in [6.45, 7) is 4.66. The Bertz CT molecular complexity index is 1130. The third-order valence-electron chi connectivity index (χ3n) is 4.96. The van der Waals surface area contributed by atoms with Gasteiger partial charge in [-0.05, 0) is 43.3 Å². The van der Waals surface area contributed by atoms with Crippen molar-refractivity contribution in [3.63, 3.8) is 0 Å². The van der Waals surface area contributed by atoms with Gasteiger partial charge in [0.05, 0.1) is 43.2 Å². The zero-order valence-corrected chi connectivity index (χ0v) is 18.7. The molecule has 0 bridgehead atoms. The van der Waals surface area contributed by atoms with Crippen molar-refractivity contribution in [2.45, 2.75) is 6.92 Å². The Kier molecular flexibility index (Phi) is 7.56. The van der Waals surface area contributed by atoms with E-state index in [1.54, 1.807) is 24.4 Å². The van der Waals surface area contributed by atoms with Crippen LogP contribution in [-0.2, 0) is 4.74 Å². The van der Waals surface area contributed by atoms with Crippen molar-refractivity contribution in [2.24, 2.45) is 5.10 Å². The average Bonchev–Trinajstić information content (AvgIpc) is 2.87. The van der Waals surface area contributed by atoms with Crippen molar-refractivity contribution in [1.82, 2.24) is 20.3 Å². The maximum Gasteiger partial charge on any atom is 0.251 e. The molecular weight excluding hydrogens is 439 g/mol. The number of aromatic nitrogens is 3. The first-order valence-electron chi connectivity index (χ1n) is 10.9. The van der Waals surface area contributed by atoms with E-state index in [0.29, 0.717) is 44.1 Å². The van der Waals surface area contributed by atoms with Crippen molar-refractivity contribution in [1.29, 1.82) is 0 Å². The minimum Gasteiger partial charge on any atom is -0.378 e. The Morgan fingerprint density at radius 1 is 1.12 bits per heavy atom. The topological polar surface area (TPSA) is 117 Å². The van der Waals surface area contributed by atoms with Gasteiger partial charge in [-0.25, -0.2) is 14.8 Å². The van der Waals surface area contributed by atoms with Gasteiger partial charge in [0.15, 0.2) is 11.6 Å². The quantitative estimate of drug-likeness (QED) is 0.344. The zero-order valence-electron chi connectivity index (χ0n) is 18.7. The van der Waals surface area contributed by atoms with Crippen molar-refractivity contribution in [3.8, 4) is 0 Å². The van der Waals surface area contributed by atoms with Crippen molar-refractivity contribution in [2.75, 3.05) is 48.5 Å². The first-order valence-corrected chi connectivity index (χ1v) is 10.9. The van der Waals surface area contributed by atoms with Gasteiger partial charge < -0.3 is 20.3 Å². The van der Waals surface area contributed by atoms with E-state index >= 15 is 0 Å². The Morgan fingerprint density at radius 2 is 1.88 bits per heavy atom. The van der Waals surface area contributed by atoms with Crippen LogP contribution in [0, 0.1) is 5.82 Å². The molecule has 0 saturated carbocycles. The van der Waals surface area contributed by atoms with E-state index in [9.17, 15) is 9.18 Å². The lowest BCUT2D eigenvalue weighted by atomic mass is 10.2. The van der Waals surface area contributed by atoms with E-state index in [-0.39, 0.29) is 17.7 Å². The molecule has 0 spiro atoms. The van der Waals surface area contributed by atoms with Gasteiger partial charge in [-0.3, -0.25) is 9.78 Å². The van der Waals surface area contributed by atoms with Crippen LogP contribution in [0.25, 0.3) is 0 Å². The molecule has 4 rings (SSSR count). The number of hydrogen-bond acceptors (Lipinski definition) is 9. The van der Waals surface area contributed by atoms with Gasteiger partial charge in [0.2, 0.25) is 5.95 Å². The third kappa shape index (κ3) is 6.01. The number of hydrazone groups is 1. The molecule has 1 aromatic carbocycles. The van der Waals surface area contributed by atoms with Crippen molar-refractivity contribution in [3.05, 3.63) is 65.9 Å². The normalized spacial score (nSPS) is 13.6. The summed E-state index contributed by atoms with van der Waals surface area (Å²) in [5, 5.41) is 10.1. The van der Waals surface area contributed by atoms with E-state index < -0.39 is 5.82 Å². The number of hydrogen-bond donors (Lipinski definition) is 3. The first-order chi connectivity index (χ1) is 16.6. The highest BCUT2D eigenvalue weighted by Gasteiger charge is 2.17. The maximum atomic E-state index is 14.1. The lowest BCUT2D eigenvalue weighted by Crippen LogP contribution is -2.37. The van der Waals surface area contributed by atoms with Gasteiger partial charge in [-0.1, -0.05) is 0 Å². The molecule has 3 heterocycles. The van der Waals surface area contributed by atoms with Crippen LogP contribution < -0.4 is 21.0 Å². The Balaban J connectivity index is 1.33. The number of anilines is 4. The summed E-state index contributed by atoms with van der Waals surface area (Å²) < 4.78 is 19.4. The molecule has 11 heteroatoms. The third-order valence-corrected chi connectivity index (χ3v) is 4.96. The molecular formula is C23H25FN8O2. The Labute approximate surface area is 196 Å². The molecule has 1 aliphatic rings. The standard InChI is InChI=1S/C23H25FN8O2/c1-2-25-22(33)16-3-5-17(6-4-16)29-19-8-7-18(26-13-19)14-28-31-23-27-15-20(24)21(30-23)32-9-11-34-12-10-32/h3-8,13-15,29H,2,9-12H2,1H3,(H,25,33)(H,27,30,31)/b28-14+. The van der Waals surface area contributed by atoms with Gasteiger partial charge in [0.1, 0.15) is 0 Å². The first kappa shape index (κ1) is 23.1. The monoisotopic (exact) mass is 464 g/mol. The van der Waals surface area contributed by atoms with Gasteiger partial charge in [-0.2, -0.15) is 10.1 Å². The lowest BCUT2D eigenvalue weighted by molar-refractivity contribution is 0.0956. The van der Waals surface area contributed by atoms with Gasteiger partial charge in [0.25, 0.3) is 5.91 Å². The summed E-state index contributed by atoms with van der Waals surface area (Å²) in [6, 6.07) is 10.8. The fourth-order valence-corrected chi connectivity index (χ4v) is 3.25. The molecule has 0 aliphatic carbocycles. The van der Waals surface area contributed by atoms with Crippen LogP contribution >= 0.6 is 0 Å². The molecule has 1 amide bonds. The summed E-state index contributed by atoms with van der Waals surface area (Å²) in [4.78, 5) is 26.1. The van der Waals surface area contributed by atoms with Crippen LogP contribution in [0.2, 0.25) is 0 Å². The maximum absolute atomic E-state index is 14.1. The van der Waals surface area contributed by atoms with Crippen LogP contribution in [0.5, 0.6) is 0 Å². The van der Waals surface area contributed by atoms with Gasteiger partial charge in [-0.15, -0.1) is 0 Å². The van der Waals surface area contributed by atoms with Gasteiger partial charge in [0, 0.05) is 30.9 Å². The number of pyridine rings is 1. The van der Waals surface area contributed by atoms with Crippen LogP contribution in [0.15, 0.2) is 53.9 Å². The number of carbonyl (C=O) groups is 1. The molecule has 2 aromatic heterocycles. The molecule has 34 heavy (non-hydrogen) atoms. The summed E-state index contributed by atoms with van der Waals surface area (Å²) in [7, 11) is 0. The number of rotatable bonds is 8. The second-order valence-corrected chi connectivity index (χ2v) is 7.37. The van der Waals surface area contributed by atoms with Crippen LogP contribution in [0.1, 0.15) is 23.0 Å². The molecule has 0 radical (unpaired) electrons. The summed E-state index contributed by atoms with van der Waals surface area (Å²) in [6.07, 6.45) is 4.31. The fourth-order valence-electron chi connectivity index (χ4n) is 3.25. The summed E-state index contributed by atoms with van der Waals surface area (Å²) >= 11 is 0. The van der Waals surface area contributed by atoms with E-state index in [1.165, 1.54) is 6.21 Å². The van der Waals surface area contributed by atoms with E-state index in [0.717, 1.165) is 17.6 Å². The SMILES string of the molecule is CCNC(=O)c1ccc(Nc2ccc(/C=N/Nc3ncc(F)c(N4CCOCC4)n3)nc2)cc1. The number of ether oxygens (including phenoxy) is 1. The molecule has 3 aromatic rings. The van der Waals surface area contributed by atoms with E-state index in [1.807, 2.05) is 30.0 Å². The Morgan fingerprint density at radius 3 is 2.59 bits per heavy atom. The predicted molar refractivity (Wildman–Crippen MR) is 128 cm³/mol. The highest BCUT2D eigenvalue weighted by molar-refractivity contribution is 5.94. The number of nitrogens with zero attached hydrogens (tertiary/aromatic N) is 5. The van der Waals surface area contributed by atoms with Crippen LogP contribution in [0.4, 0.5) is 27.5 Å². The average molecular weight is 465 g/mol. The van der Waals surface area contributed by atoms with Gasteiger partial charge >= 0.3 is 0 Å². The summed E-state index contributed by atoms with van der Waals surface area (Å²) in [5.41, 5.74) is 5.55. The van der Waals surface area contributed by atoms with Crippen LogP contribution in [-0.4, -0.2) is 59.9 Å². The molecule has 0 atom stereocenters. The number of carbonyl (C=O) groups excluding carboxylic acids is 1. The van der Waals surface area contributed by atoms with Crippen LogP contribution in [0.3, 0.4) is 0 Å². The number of amides is 1. The fraction of sp³-hybridized carbons (Fsp3) is 0.261. The minimum absolute atomic E-state index is 0.101. The molecule has 1 saturated heterocycles. The number of morpholine rings is 1. The van der Waals surface area contributed by atoms with Crippen molar-refractivity contribution >= 4 is 35.3 Å². The van der Waals surface area contributed by atoms with E-state index in [2.05, 4.69) is 36.1 Å². The predicted octanol–water partition coefficient (Wildman–Crippen LogP) is 2.79. The molecule has 0 unspecified atom stereocenters. The van der Waals surface area contributed by atoms with E-state index in [4.69, 9.17) is 4.74 Å². The molecule has 10 nitrogen and oxygen atoms in total. The minimum atomic E-state index is -0.486. The molecule has 176 valence electrons. The number of halogens is 1. The smallest absolute Gasteiger partial charge is 0.251 e. The lowest BCUT2D eigenvalue weighted by Gasteiger charge is -2.27. The highest BCUT2D eigenvalue weighted by Crippen LogP contribution is 2.19. The zero-order chi connectivity index (χ0) is 23.8. The van der Waals surface area contributed by atoms with Crippen molar-refractivity contribution < 1.29 is 13.9 Å². The second kappa shape index (κ2) is 11.1. The molecule has 1 aliphatic heterocycles. The largest absolute Gasteiger partial charge is 0.378 e. The highest BCUT2D eigenvalue weighted by atomic mass is 19.1. The second-order valence-electron chi connectivity index (χ2n) is 7.37. The molecule has 3 N–H and O–H groups in total. The number of nitrogens with one attached hydrogen (secondary N) is 3. The summed E-state index contributed by atoms with van der Waals surface area (Å²) in [5.74, 6) is -0.173. The molecule has 1 fully saturated rings.